The molecular formula is C5H10N2O. The van der Waals surface area contributed by atoms with E-state index < -0.39 is 0 Å². The van der Waals surface area contributed by atoms with Crippen molar-refractivity contribution >= 4 is 5.91 Å². The smallest absolute Gasteiger partial charge is 0.233 e. The number of nitrogens with one attached hydrogen (secondary N) is 1. The Kier molecular flexibility index (Phi) is 1.48. The molecule has 1 fully saturated rings. The van der Waals surface area contributed by atoms with Crippen LogP contribution in [0.1, 0.15) is 12.8 Å². The summed E-state index contributed by atoms with van der Waals surface area (Å²) < 4.78 is 0. The van der Waals surface area contributed by atoms with E-state index in [1.165, 1.54) is 0 Å². The molecule has 3 heteroatoms. The van der Waals surface area contributed by atoms with Gasteiger partial charge in [0.15, 0.2) is 0 Å². The third kappa shape index (κ3) is 1.50. The maximum atomic E-state index is 10.4. The van der Waals surface area contributed by atoms with Crippen molar-refractivity contribution in [2.75, 3.05) is 6.54 Å². The summed E-state index contributed by atoms with van der Waals surface area (Å²) in [5.41, 5.74) is 5.04. The van der Waals surface area contributed by atoms with Crippen molar-refractivity contribution in [1.29, 1.82) is 0 Å². The molecule has 0 aliphatic heterocycles. The minimum atomic E-state index is -0.0347. The molecule has 1 aliphatic carbocycles. The van der Waals surface area contributed by atoms with Crippen LogP contribution in [0.3, 0.4) is 0 Å². The predicted molar refractivity (Wildman–Crippen MR) is 30.2 cm³/mol. The van der Waals surface area contributed by atoms with E-state index in [0.717, 1.165) is 12.8 Å². The Balaban J connectivity index is 2.07. The van der Waals surface area contributed by atoms with E-state index in [2.05, 4.69) is 5.32 Å². The molecule has 0 spiro atoms. The normalized spacial score (nSPS) is 18.1. The van der Waals surface area contributed by atoms with Gasteiger partial charge in [0.05, 0.1) is 6.54 Å². The zero-order valence-corrected chi connectivity index (χ0v) is 4.68. The summed E-state index contributed by atoms with van der Waals surface area (Å²) in [4.78, 5) is 10.4. The van der Waals surface area contributed by atoms with Gasteiger partial charge >= 0.3 is 0 Å². The fourth-order valence-corrected chi connectivity index (χ4v) is 0.514. The molecule has 0 aromatic carbocycles. The molecule has 3 N–H and O–H groups in total. The average molecular weight is 114 g/mol. The largest absolute Gasteiger partial charge is 0.352 e. The fraction of sp³-hybridized carbons (Fsp3) is 0.800. The standard InChI is InChI=1S/C5H10N2O/c6-3-5(8)7-4-1-2-4/h4H,1-3,6H2,(H,7,8). The van der Waals surface area contributed by atoms with Gasteiger partial charge in [-0.2, -0.15) is 0 Å². The lowest BCUT2D eigenvalue weighted by molar-refractivity contribution is -0.119. The SMILES string of the molecule is NCC(=O)NC1CC1. The summed E-state index contributed by atoms with van der Waals surface area (Å²) in [6.07, 6.45) is 2.26. The molecule has 1 saturated carbocycles. The van der Waals surface area contributed by atoms with Crippen molar-refractivity contribution in [3.05, 3.63) is 0 Å². The quantitative estimate of drug-likeness (QED) is 0.495. The van der Waals surface area contributed by atoms with Crippen molar-refractivity contribution < 1.29 is 4.79 Å². The first kappa shape index (κ1) is 5.56. The van der Waals surface area contributed by atoms with Gasteiger partial charge in [0.25, 0.3) is 0 Å². The van der Waals surface area contributed by atoms with E-state index in [1.54, 1.807) is 0 Å². The lowest BCUT2D eigenvalue weighted by Gasteiger charge is -1.96. The number of carbonyl (C=O) groups is 1. The summed E-state index contributed by atoms with van der Waals surface area (Å²) in [6, 6.07) is 0.450. The van der Waals surface area contributed by atoms with Crippen molar-refractivity contribution in [2.24, 2.45) is 5.73 Å². The second-order valence-electron chi connectivity index (χ2n) is 2.05. The van der Waals surface area contributed by atoms with Crippen LogP contribution in [0.2, 0.25) is 0 Å². The van der Waals surface area contributed by atoms with Crippen LogP contribution in [0.5, 0.6) is 0 Å². The maximum Gasteiger partial charge on any atom is 0.233 e. The number of nitrogens with two attached hydrogens (primary N) is 1. The van der Waals surface area contributed by atoms with Crippen LogP contribution in [0, 0.1) is 0 Å². The molecule has 3 nitrogen and oxygen atoms in total. The second-order valence-corrected chi connectivity index (χ2v) is 2.05. The first-order valence-corrected chi connectivity index (χ1v) is 2.82. The molecule has 8 heavy (non-hydrogen) atoms. The van der Waals surface area contributed by atoms with Gasteiger partial charge in [-0.05, 0) is 12.8 Å². The Morgan fingerprint density at radius 1 is 1.75 bits per heavy atom. The molecule has 0 aromatic heterocycles. The number of amides is 1. The second kappa shape index (κ2) is 2.13. The minimum absolute atomic E-state index is 0.0347. The highest BCUT2D eigenvalue weighted by atomic mass is 16.1. The Labute approximate surface area is 48.2 Å². The lowest BCUT2D eigenvalue weighted by Crippen LogP contribution is -2.31. The molecule has 1 rings (SSSR count). The molecule has 46 valence electrons. The molecule has 0 aromatic rings. The Morgan fingerprint density at radius 3 is 2.75 bits per heavy atom. The highest BCUT2D eigenvalue weighted by Gasteiger charge is 2.22. The van der Waals surface area contributed by atoms with Gasteiger partial charge in [-0.1, -0.05) is 0 Å². The average Bonchev–Trinajstić information content (AvgIpc) is 2.50. The van der Waals surface area contributed by atoms with E-state index in [9.17, 15) is 4.79 Å². The maximum absolute atomic E-state index is 10.4. The zero-order valence-electron chi connectivity index (χ0n) is 4.68. The Bertz CT molecular complexity index is 98.6. The highest BCUT2D eigenvalue weighted by Crippen LogP contribution is 2.17. The van der Waals surface area contributed by atoms with Crippen LogP contribution >= 0.6 is 0 Å². The molecule has 0 unspecified atom stereocenters. The van der Waals surface area contributed by atoms with E-state index in [1.807, 2.05) is 0 Å². The molecule has 0 heterocycles. The number of hydrogen-bond acceptors (Lipinski definition) is 2. The van der Waals surface area contributed by atoms with Crippen LogP contribution in [0.25, 0.3) is 0 Å². The van der Waals surface area contributed by atoms with Crippen LogP contribution in [-0.4, -0.2) is 18.5 Å². The van der Waals surface area contributed by atoms with Crippen LogP contribution in [-0.2, 0) is 4.79 Å². The minimum Gasteiger partial charge on any atom is -0.352 e. The summed E-state index contributed by atoms with van der Waals surface area (Å²) in [5.74, 6) is -0.0347. The molecule has 0 radical (unpaired) electrons. The van der Waals surface area contributed by atoms with Crippen molar-refractivity contribution in [2.45, 2.75) is 18.9 Å². The van der Waals surface area contributed by atoms with E-state index in [4.69, 9.17) is 5.73 Å². The molecule has 0 atom stereocenters. The molecule has 0 bridgehead atoms. The molecule has 1 aliphatic rings. The van der Waals surface area contributed by atoms with Gasteiger partial charge in [-0.3, -0.25) is 4.79 Å². The van der Waals surface area contributed by atoms with Crippen molar-refractivity contribution in [3.63, 3.8) is 0 Å². The van der Waals surface area contributed by atoms with Gasteiger partial charge in [0, 0.05) is 6.04 Å². The number of rotatable bonds is 2. The third-order valence-corrected chi connectivity index (χ3v) is 1.13. The van der Waals surface area contributed by atoms with Gasteiger partial charge in [-0.15, -0.1) is 0 Å². The van der Waals surface area contributed by atoms with E-state index in [0.29, 0.717) is 6.04 Å². The Morgan fingerprint density at radius 2 is 2.38 bits per heavy atom. The first-order valence-electron chi connectivity index (χ1n) is 2.82. The topological polar surface area (TPSA) is 55.1 Å². The number of hydrogen-bond donors (Lipinski definition) is 2. The summed E-state index contributed by atoms with van der Waals surface area (Å²) in [5, 5.41) is 2.74. The van der Waals surface area contributed by atoms with E-state index in [-0.39, 0.29) is 12.5 Å². The monoisotopic (exact) mass is 114 g/mol. The lowest BCUT2D eigenvalue weighted by atomic mass is 10.5. The van der Waals surface area contributed by atoms with Gasteiger partial charge in [-0.25, -0.2) is 0 Å². The van der Waals surface area contributed by atoms with Crippen molar-refractivity contribution in [3.8, 4) is 0 Å². The Hall–Kier alpha value is -0.570. The van der Waals surface area contributed by atoms with Gasteiger partial charge in [0.2, 0.25) is 5.91 Å². The highest BCUT2D eigenvalue weighted by molar-refractivity contribution is 5.78. The molecule has 0 saturated heterocycles. The van der Waals surface area contributed by atoms with Crippen LogP contribution < -0.4 is 11.1 Å². The molecule has 1 amide bonds. The predicted octanol–water partition coefficient (Wildman–Crippen LogP) is -0.776. The summed E-state index contributed by atoms with van der Waals surface area (Å²) in [7, 11) is 0. The molecular weight excluding hydrogens is 104 g/mol. The van der Waals surface area contributed by atoms with E-state index >= 15 is 0 Å². The fourth-order valence-electron chi connectivity index (χ4n) is 0.514. The summed E-state index contributed by atoms with van der Waals surface area (Å²) in [6.45, 7) is 0.122. The zero-order chi connectivity index (χ0) is 5.98. The number of carbonyl (C=O) groups excluding carboxylic acids is 1. The first-order chi connectivity index (χ1) is 3.83. The van der Waals surface area contributed by atoms with Gasteiger partial charge in [0.1, 0.15) is 0 Å². The third-order valence-electron chi connectivity index (χ3n) is 1.13. The van der Waals surface area contributed by atoms with Crippen LogP contribution in [0.4, 0.5) is 0 Å². The van der Waals surface area contributed by atoms with Gasteiger partial charge < -0.3 is 11.1 Å². The van der Waals surface area contributed by atoms with Crippen LogP contribution in [0.15, 0.2) is 0 Å². The van der Waals surface area contributed by atoms with Crippen molar-refractivity contribution in [1.82, 2.24) is 5.32 Å². The summed E-state index contributed by atoms with van der Waals surface area (Å²) >= 11 is 0.